The molecule has 6 nitrogen and oxygen atoms in total. The number of fused-ring (bicyclic) bond motifs is 1. The lowest BCUT2D eigenvalue weighted by atomic mass is 10.1. The van der Waals surface area contributed by atoms with Crippen LogP contribution in [0.15, 0.2) is 18.2 Å². The molecule has 2 amide bonds. The number of rotatable bonds is 6. The molecule has 1 aliphatic rings. The van der Waals surface area contributed by atoms with E-state index in [0.29, 0.717) is 24.1 Å². The van der Waals surface area contributed by atoms with Crippen LogP contribution in [0.5, 0.6) is 0 Å². The summed E-state index contributed by atoms with van der Waals surface area (Å²) in [5.74, 6) is -1.34. The first kappa shape index (κ1) is 15.0. The van der Waals surface area contributed by atoms with Crippen molar-refractivity contribution < 1.29 is 19.5 Å². The summed E-state index contributed by atoms with van der Waals surface area (Å²) in [6, 6.07) is 4.63. The molecule has 0 aliphatic carbocycles. The largest absolute Gasteiger partial charge is 0.481 e. The molecule has 21 heavy (non-hydrogen) atoms. The van der Waals surface area contributed by atoms with Crippen LogP contribution in [0.2, 0.25) is 0 Å². The summed E-state index contributed by atoms with van der Waals surface area (Å²) >= 11 is 0. The normalized spacial score (nSPS) is 14.2. The molecule has 6 heteroatoms. The minimum atomic E-state index is -0.935. The first-order valence-corrected chi connectivity index (χ1v) is 6.95. The third-order valence-corrected chi connectivity index (χ3v) is 3.39. The number of carboxylic acid groups (broad SMARTS) is 1. The van der Waals surface area contributed by atoms with Crippen LogP contribution in [0, 0.1) is 0 Å². The van der Waals surface area contributed by atoms with Gasteiger partial charge in [-0.3, -0.25) is 14.4 Å². The Hall–Kier alpha value is -2.37. The average Bonchev–Trinajstić information content (AvgIpc) is 2.77. The Morgan fingerprint density at radius 1 is 1.43 bits per heavy atom. The lowest BCUT2D eigenvalue weighted by Gasteiger charge is -2.16. The molecule has 1 aliphatic heterocycles. The average molecular weight is 290 g/mol. The lowest BCUT2D eigenvalue weighted by Crippen LogP contribution is -2.36. The van der Waals surface area contributed by atoms with Crippen LogP contribution in [0.25, 0.3) is 0 Å². The van der Waals surface area contributed by atoms with Gasteiger partial charge in [-0.05, 0) is 24.1 Å². The molecule has 1 atom stereocenters. The molecule has 0 aromatic heterocycles. The van der Waals surface area contributed by atoms with Crippen LogP contribution in [0.4, 0.5) is 5.69 Å². The molecule has 1 unspecified atom stereocenters. The van der Waals surface area contributed by atoms with E-state index in [4.69, 9.17) is 5.11 Å². The fourth-order valence-corrected chi connectivity index (χ4v) is 2.41. The van der Waals surface area contributed by atoms with Crippen molar-refractivity contribution in [3.63, 3.8) is 0 Å². The van der Waals surface area contributed by atoms with E-state index >= 15 is 0 Å². The van der Waals surface area contributed by atoms with Crippen molar-refractivity contribution in [2.75, 3.05) is 5.32 Å². The third-order valence-electron chi connectivity index (χ3n) is 3.39. The number of amides is 2. The summed E-state index contributed by atoms with van der Waals surface area (Å²) in [5, 5.41) is 14.3. The highest BCUT2D eigenvalue weighted by Gasteiger charge is 2.20. The van der Waals surface area contributed by atoms with E-state index in [9.17, 15) is 14.4 Å². The summed E-state index contributed by atoms with van der Waals surface area (Å²) in [6.07, 6.45) is 1.63. The molecule has 112 valence electrons. The molecular formula is C15H18N2O4. The Balaban J connectivity index is 2.07. The Morgan fingerprint density at radius 2 is 2.19 bits per heavy atom. The zero-order chi connectivity index (χ0) is 15.4. The van der Waals surface area contributed by atoms with Crippen LogP contribution < -0.4 is 10.6 Å². The summed E-state index contributed by atoms with van der Waals surface area (Å²) in [4.78, 5) is 34.3. The highest BCUT2D eigenvalue weighted by Crippen LogP contribution is 2.24. The second-order valence-corrected chi connectivity index (χ2v) is 5.15. The molecule has 2 rings (SSSR count). The molecular weight excluding hydrogens is 272 g/mol. The molecule has 0 fully saturated rings. The Kier molecular flexibility index (Phi) is 4.57. The standard InChI is InChI=1S/C15H18N2O4/c1-2-3-11(8-14(19)20)16-15(21)10-5-4-9-7-13(18)17-12(9)6-10/h4-6,11H,2-3,7-8H2,1H3,(H,16,21)(H,17,18)(H,19,20). The van der Waals surface area contributed by atoms with Gasteiger partial charge in [0.15, 0.2) is 0 Å². The van der Waals surface area contributed by atoms with E-state index < -0.39 is 5.97 Å². The van der Waals surface area contributed by atoms with Crippen molar-refractivity contribution >= 4 is 23.5 Å². The minimum absolute atomic E-state index is 0.0858. The number of aliphatic carboxylic acids is 1. The fraction of sp³-hybridized carbons (Fsp3) is 0.400. The van der Waals surface area contributed by atoms with Crippen molar-refractivity contribution in [1.29, 1.82) is 0 Å². The Labute approximate surface area is 122 Å². The maximum absolute atomic E-state index is 12.2. The van der Waals surface area contributed by atoms with Crippen molar-refractivity contribution in [1.82, 2.24) is 5.32 Å². The topological polar surface area (TPSA) is 95.5 Å². The number of carbonyl (C=O) groups is 3. The van der Waals surface area contributed by atoms with Crippen molar-refractivity contribution in [3.05, 3.63) is 29.3 Å². The zero-order valence-corrected chi connectivity index (χ0v) is 11.8. The molecule has 0 bridgehead atoms. The van der Waals surface area contributed by atoms with Gasteiger partial charge in [-0.2, -0.15) is 0 Å². The Bertz CT molecular complexity index is 583. The zero-order valence-electron chi connectivity index (χ0n) is 11.8. The predicted molar refractivity (Wildman–Crippen MR) is 77.2 cm³/mol. The van der Waals surface area contributed by atoms with Crippen molar-refractivity contribution in [2.45, 2.75) is 38.6 Å². The quantitative estimate of drug-likeness (QED) is 0.740. The van der Waals surface area contributed by atoms with E-state index in [0.717, 1.165) is 12.0 Å². The van der Waals surface area contributed by atoms with Gasteiger partial charge in [0.25, 0.3) is 5.91 Å². The van der Waals surface area contributed by atoms with Gasteiger partial charge in [-0.15, -0.1) is 0 Å². The summed E-state index contributed by atoms with van der Waals surface area (Å²) in [7, 11) is 0. The van der Waals surface area contributed by atoms with E-state index in [1.54, 1.807) is 18.2 Å². The second kappa shape index (κ2) is 6.39. The van der Waals surface area contributed by atoms with Crippen molar-refractivity contribution in [3.8, 4) is 0 Å². The Morgan fingerprint density at radius 3 is 2.86 bits per heavy atom. The third kappa shape index (κ3) is 3.81. The van der Waals surface area contributed by atoms with Gasteiger partial charge in [0.05, 0.1) is 12.8 Å². The SMILES string of the molecule is CCCC(CC(=O)O)NC(=O)c1ccc2c(c1)NC(=O)C2. The summed E-state index contributed by atoms with van der Waals surface area (Å²) in [6.45, 7) is 1.94. The van der Waals surface area contributed by atoms with Gasteiger partial charge < -0.3 is 15.7 Å². The molecule has 1 aromatic rings. The smallest absolute Gasteiger partial charge is 0.305 e. The number of carbonyl (C=O) groups excluding carboxylic acids is 2. The molecule has 1 heterocycles. The van der Waals surface area contributed by atoms with Gasteiger partial charge in [-0.1, -0.05) is 19.4 Å². The summed E-state index contributed by atoms with van der Waals surface area (Å²) in [5.41, 5.74) is 1.94. The van der Waals surface area contributed by atoms with Crippen molar-refractivity contribution in [2.24, 2.45) is 0 Å². The summed E-state index contributed by atoms with van der Waals surface area (Å²) < 4.78 is 0. The van der Waals surface area contributed by atoms with Crippen LogP contribution >= 0.6 is 0 Å². The van der Waals surface area contributed by atoms with Gasteiger partial charge in [-0.25, -0.2) is 0 Å². The molecule has 1 aromatic carbocycles. The fourth-order valence-electron chi connectivity index (χ4n) is 2.41. The van der Waals surface area contributed by atoms with Crippen LogP contribution in [-0.2, 0) is 16.0 Å². The minimum Gasteiger partial charge on any atom is -0.481 e. The predicted octanol–water partition coefficient (Wildman–Crippen LogP) is 1.55. The number of carboxylic acids is 1. The number of anilines is 1. The maximum Gasteiger partial charge on any atom is 0.305 e. The van der Waals surface area contributed by atoms with Gasteiger partial charge in [0.1, 0.15) is 0 Å². The van der Waals surface area contributed by atoms with E-state index in [2.05, 4.69) is 10.6 Å². The maximum atomic E-state index is 12.2. The van der Waals surface area contributed by atoms with Crippen LogP contribution in [-0.4, -0.2) is 28.9 Å². The molecule has 0 spiro atoms. The second-order valence-electron chi connectivity index (χ2n) is 5.15. The highest BCUT2D eigenvalue weighted by molar-refractivity contribution is 6.02. The van der Waals surface area contributed by atoms with Crippen LogP contribution in [0.1, 0.15) is 42.1 Å². The van der Waals surface area contributed by atoms with E-state index in [-0.39, 0.29) is 24.3 Å². The van der Waals surface area contributed by atoms with E-state index in [1.165, 1.54) is 0 Å². The van der Waals surface area contributed by atoms with Gasteiger partial charge >= 0.3 is 5.97 Å². The van der Waals surface area contributed by atoms with Gasteiger partial charge in [0.2, 0.25) is 5.91 Å². The van der Waals surface area contributed by atoms with Gasteiger partial charge in [0, 0.05) is 17.3 Å². The van der Waals surface area contributed by atoms with E-state index in [1.807, 2.05) is 6.92 Å². The number of nitrogens with one attached hydrogen (secondary N) is 2. The first-order chi connectivity index (χ1) is 9.99. The molecule has 0 saturated carbocycles. The highest BCUT2D eigenvalue weighted by atomic mass is 16.4. The molecule has 0 saturated heterocycles. The lowest BCUT2D eigenvalue weighted by molar-refractivity contribution is -0.137. The number of benzene rings is 1. The number of hydrogen-bond acceptors (Lipinski definition) is 3. The van der Waals surface area contributed by atoms with Crippen LogP contribution in [0.3, 0.4) is 0 Å². The molecule has 3 N–H and O–H groups in total. The first-order valence-electron chi connectivity index (χ1n) is 6.95. The molecule has 0 radical (unpaired) electrons. The monoisotopic (exact) mass is 290 g/mol. The number of hydrogen-bond donors (Lipinski definition) is 3.